The van der Waals surface area contributed by atoms with Crippen LogP contribution >= 0.6 is 28.3 Å². The summed E-state index contributed by atoms with van der Waals surface area (Å²) in [6, 6.07) is 5.68. The van der Waals surface area contributed by atoms with Crippen LogP contribution in [0, 0.1) is 12.8 Å². The summed E-state index contributed by atoms with van der Waals surface area (Å²) in [6.07, 6.45) is 2.32. The fourth-order valence-electron chi connectivity index (χ4n) is 2.25. The number of hydrogen-bond acceptors (Lipinski definition) is 2. The van der Waals surface area contributed by atoms with Gasteiger partial charge in [-0.05, 0) is 56.4 Å². The molecule has 1 aromatic carbocycles. The van der Waals surface area contributed by atoms with E-state index in [9.17, 15) is 4.79 Å². The zero-order valence-corrected chi connectivity index (χ0v) is 13.6. The Labute approximate surface area is 128 Å². The maximum absolute atomic E-state index is 12.3. The third kappa shape index (κ3) is 3.71. The second kappa shape index (κ2) is 6.25. The molecule has 0 aliphatic heterocycles. The minimum atomic E-state index is -0.267. The number of nitrogens with two attached hydrogens (primary N) is 1. The molecule has 0 aromatic heterocycles. The van der Waals surface area contributed by atoms with Crippen LogP contribution in [0.1, 0.15) is 35.7 Å². The fraction of sp³-hybridized carbons (Fsp3) is 0.500. The van der Waals surface area contributed by atoms with Gasteiger partial charge in [0.25, 0.3) is 5.91 Å². The molecule has 1 fully saturated rings. The second-order valence-corrected chi connectivity index (χ2v) is 6.22. The Hall–Kier alpha value is -0.580. The highest BCUT2D eigenvalue weighted by atomic mass is 79.9. The topological polar surface area (TPSA) is 55.1 Å². The first-order valence-electron chi connectivity index (χ1n) is 6.25. The number of carbonyl (C=O) groups excluding carboxylic acids is 1. The first-order chi connectivity index (χ1) is 8.46. The largest absolute Gasteiger partial charge is 0.345 e. The normalized spacial score (nSPS) is 17.3. The molecule has 0 bridgehead atoms. The molecule has 106 valence electrons. The number of halogens is 2. The minimum Gasteiger partial charge on any atom is -0.345 e. The van der Waals surface area contributed by atoms with Gasteiger partial charge in [0, 0.05) is 16.6 Å². The molecule has 1 amide bonds. The second-order valence-electron chi connectivity index (χ2n) is 5.31. The van der Waals surface area contributed by atoms with Crippen molar-refractivity contribution in [2.75, 3.05) is 6.54 Å². The van der Waals surface area contributed by atoms with Crippen LogP contribution in [0.25, 0.3) is 0 Å². The standard InChI is InChI=1S/C14H19BrN2O.ClH/c1-9-7-11(15)5-6-12(9)13(18)17-14(2,8-16)10-3-4-10;/h5-7,10H,3-4,8,16H2,1-2H3,(H,17,18);1H. The Morgan fingerprint density at radius 1 is 1.53 bits per heavy atom. The number of nitrogens with one attached hydrogen (secondary N) is 1. The van der Waals surface area contributed by atoms with E-state index in [1.807, 2.05) is 32.0 Å². The van der Waals surface area contributed by atoms with Crippen LogP contribution in [-0.2, 0) is 0 Å². The van der Waals surface area contributed by atoms with E-state index in [2.05, 4.69) is 21.2 Å². The molecule has 1 aliphatic rings. The summed E-state index contributed by atoms with van der Waals surface area (Å²) >= 11 is 3.40. The molecular formula is C14H20BrClN2O. The summed E-state index contributed by atoms with van der Waals surface area (Å²) < 4.78 is 0.986. The number of rotatable bonds is 4. The summed E-state index contributed by atoms with van der Waals surface area (Å²) in [5.41, 5.74) is 7.24. The summed E-state index contributed by atoms with van der Waals surface area (Å²) in [5.74, 6) is 0.502. The number of aryl methyl sites for hydroxylation is 1. The van der Waals surface area contributed by atoms with Gasteiger partial charge in [0.15, 0.2) is 0 Å². The first kappa shape index (κ1) is 16.5. The molecule has 1 atom stereocenters. The Morgan fingerprint density at radius 3 is 2.63 bits per heavy atom. The SMILES string of the molecule is Cc1cc(Br)ccc1C(=O)NC(C)(CN)C1CC1.Cl. The zero-order chi connectivity index (χ0) is 13.3. The van der Waals surface area contributed by atoms with Crippen molar-refractivity contribution in [1.29, 1.82) is 0 Å². The quantitative estimate of drug-likeness (QED) is 0.879. The summed E-state index contributed by atoms with van der Waals surface area (Å²) in [5, 5.41) is 3.10. The lowest BCUT2D eigenvalue weighted by atomic mass is 9.95. The molecule has 0 spiro atoms. The molecule has 0 heterocycles. The van der Waals surface area contributed by atoms with E-state index in [-0.39, 0.29) is 23.9 Å². The molecule has 19 heavy (non-hydrogen) atoms. The number of carbonyl (C=O) groups is 1. The Balaban J connectivity index is 0.00000180. The van der Waals surface area contributed by atoms with Gasteiger partial charge < -0.3 is 11.1 Å². The predicted molar refractivity (Wildman–Crippen MR) is 83.8 cm³/mol. The van der Waals surface area contributed by atoms with E-state index in [1.165, 1.54) is 0 Å². The van der Waals surface area contributed by atoms with Gasteiger partial charge in [-0.3, -0.25) is 4.79 Å². The van der Waals surface area contributed by atoms with Crippen LogP contribution in [0.15, 0.2) is 22.7 Å². The fourth-order valence-corrected chi connectivity index (χ4v) is 2.72. The van der Waals surface area contributed by atoms with Crippen molar-refractivity contribution >= 4 is 34.2 Å². The Morgan fingerprint density at radius 2 is 2.16 bits per heavy atom. The Kier molecular flexibility index (Phi) is 5.42. The highest BCUT2D eigenvalue weighted by Crippen LogP contribution is 2.39. The average molecular weight is 348 g/mol. The van der Waals surface area contributed by atoms with Crippen LogP contribution in [-0.4, -0.2) is 18.0 Å². The third-order valence-electron chi connectivity index (χ3n) is 3.73. The van der Waals surface area contributed by atoms with E-state index < -0.39 is 0 Å². The van der Waals surface area contributed by atoms with Crippen molar-refractivity contribution in [3.8, 4) is 0 Å². The minimum absolute atomic E-state index is 0. The molecule has 1 saturated carbocycles. The zero-order valence-electron chi connectivity index (χ0n) is 11.2. The van der Waals surface area contributed by atoms with Gasteiger partial charge >= 0.3 is 0 Å². The highest BCUT2D eigenvalue weighted by Gasteiger charge is 2.41. The van der Waals surface area contributed by atoms with Crippen LogP contribution in [0.3, 0.4) is 0 Å². The van der Waals surface area contributed by atoms with Gasteiger partial charge in [-0.1, -0.05) is 15.9 Å². The van der Waals surface area contributed by atoms with E-state index in [1.54, 1.807) is 0 Å². The van der Waals surface area contributed by atoms with E-state index >= 15 is 0 Å². The average Bonchev–Trinajstić information content (AvgIpc) is 3.12. The van der Waals surface area contributed by atoms with Gasteiger partial charge in [0.2, 0.25) is 0 Å². The van der Waals surface area contributed by atoms with Crippen LogP contribution in [0.5, 0.6) is 0 Å². The molecule has 2 rings (SSSR count). The Bertz CT molecular complexity index is 477. The molecule has 0 saturated heterocycles. The highest BCUT2D eigenvalue weighted by molar-refractivity contribution is 9.10. The lowest BCUT2D eigenvalue weighted by molar-refractivity contribution is 0.0897. The maximum atomic E-state index is 12.3. The van der Waals surface area contributed by atoms with Crippen LogP contribution in [0.2, 0.25) is 0 Å². The molecule has 3 nitrogen and oxygen atoms in total. The first-order valence-corrected chi connectivity index (χ1v) is 7.04. The molecule has 3 N–H and O–H groups in total. The van der Waals surface area contributed by atoms with Crippen molar-refractivity contribution < 1.29 is 4.79 Å². The van der Waals surface area contributed by atoms with Crippen LogP contribution in [0.4, 0.5) is 0 Å². The predicted octanol–water partition coefficient (Wildman–Crippen LogP) is 3.04. The third-order valence-corrected chi connectivity index (χ3v) is 4.23. The van der Waals surface area contributed by atoms with E-state index in [4.69, 9.17) is 5.73 Å². The summed E-state index contributed by atoms with van der Waals surface area (Å²) in [6.45, 7) is 4.46. The van der Waals surface area contributed by atoms with Crippen molar-refractivity contribution in [2.24, 2.45) is 11.7 Å². The summed E-state index contributed by atoms with van der Waals surface area (Å²) in [7, 11) is 0. The van der Waals surface area contributed by atoms with Crippen molar-refractivity contribution in [2.45, 2.75) is 32.2 Å². The van der Waals surface area contributed by atoms with Crippen molar-refractivity contribution in [1.82, 2.24) is 5.32 Å². The van der Waals surface area contributed by atoms with Gasteiger partial charge in [0.1, 0.15) is 0 Å². The molecule has 1 aromatic rings. The summed E-state index contributed by atoms with van der Waals surface area (Å²) in [4.78, 5) is 12.3. The number of hydrogen-bond donors (Lipinski definition) is 2. The van der Waals surface area contributed by atoms with Crippen LogP contribution < -0.4 is 11.1 Å². The molecule has 1 aliphatic carbocycles. The van der Waals surface area contributed by atoms with E-state index in [0.29, 0.717) is 12.5 Å². The lowest BCUT2D eigenvalue weighted by Gasteiger charge is -2.29. The van der Waals surface area contributed by atoms with E-state index in [0.717, 1.165) is 28.4 Å². The van der Waals surface area contributed by atoms with Gasteiger partial charge in [-0.2, -0.15) is 0 Å². The molecule has 0 radical (unpaired) electrons. The van der Waals surface area contributed by atoms with Gasteiger partial charge in [-0.15, -0.1) is 12.4 Å². The molecular weight excluding hydrogens is 328 g/mol. The van der Waals surface area contributed by atoms with Gasteiger partial charge in [0.05, 0.1) is 5.54 Å². The monoisotopic (exact) mass is 346 g/mol. The van der Waals surface area contributed by atoms with Crippen molar-refractivity contribution in [3.05, 3.63) is 33.8 Å². The van der Waals surface area contributed by atoms with Crippen molar-refractivity contribution in [3.63, 3.8) is 0 Å². The molecule has 1 unspecified atom stereocenters. The van der Waals surface area contributed by atoms with Gasteiger partial charge in [-0.25, -0.2) is 0 Å². The number of benzene rings is 1. The lowest BCUT2D eigenvalue weighted by Crippen LogP contribution is -2.53. The number of amides is 1. The smallest absolute Gasteiger partial charge is 0.252 e. The maximum Gasteiger partial charge on any atom is 0.252 e. The molecule has 5 heteroatoms.